The molecule has 0 radical (unpaired) electrons. The molecule has 0 fully saturated rings. The molecule has 22 heavy (non-hydrogen) atoms. The first-order valence-electron chi connectivity index (χ1n) is 7.37. The highest BCUT2D eigenvalue weighted by atomic mass is 32.1. The Balaban J connectivity index is 1.64. The van der Waals surface area contributed by atoms with Gasteiger partial charge in [0.25, 0.3) is 0 Å². The molecule has 1 unspecified atom stereocenters. The van der Waals surface area contributed by atoms with Crippen molar-refractivity contribution in [1.29, 1.82) is 0 Å². The van der Waals surface area contributed by atoms with Crippen molar-refractivity contribution < 1.29 is 4.79 Å². The number of thiazole rings is 1. The number of carbonyl (C=O) groups excluding carboxylic acids is 1. The molecule has 4 nitrogen and oxygen atoms in total. The molecule has 0 spiro atoms. The number of hydrogen-bond donors (Lipinski definition) is 1. The number of aromatic nitrogens is 2. The Hall–Kier alpha value is -2.14. The van der Waals surface area contributed by atoms with Gasteiger partial charge in [-0.15, -0.1) is 11.3 Å². The van der Waals surface area contributed by atoms with Gasteiger partial charge in [-0.05, 0) is 25.0 Å². The van der Waals surface area contributed by atoms with Gasteiger partial charge in [-0.1, -0.05) is 18.2 Å². The van der Waals surface area contributed by atoms with E-state index < -0.39 is 0 Å². The summed E-state index contributed by atoms with van der Waals surface area (Å²) in [6, 6.07) is 8.20. The van der Waals surface area contributed by atoms with E-state index in [1.165, 1.54) is 10.9 Å². The fraction of sp³-hybridized carbons (Fsp3) is 0.294. The van der Waals surface area contributed by atoms with Crippen LogP contribution in [-0.4, -0.2) is 27.8 Å². The zero-order valence-corrected chi connectivity index (χ0v) is 13.6. The molecule has 1 amide bonds. The van der Waals surface area contributed by atoms with Crippen LogP contribution in [0.3, 0.4) is 0 Å². The lowest BCUT2D eigenvalue weighted by atomic mass is 10.1. The normalized spacial score (nSPS) is 12.5. The van der Waals surface area contributed by atoms with Crippen LogP contribution in [0.2, 0.25) is 0 Å². The maximum Gasteiger partial charge on any atom is 0.223 e. The average Bonchev–Trinajstić information content (AvgIpc) is 3.21. The number of hydrogen-bond acceptors (Lipinski definition) is 3. The topological polar surface area (TPSA) is 49.0 Å². The third-order valence-electron chi connectivity index (χ3n) is 4.07. The average molecular weight is 313 g/mol. The van der Waals surface area contributed by atoms with E-state index in [1.807, 2.05) is 37.7 Å². The van der Waals surface area contributed by atoms with Gasteiger partial charge >= 0.3 is 0 Å². The number of nitrogens with zero attached hydrogens (tertiary/aromatic N) is 2. The number of rotatable bonds is 5. The van der Waals surface area contributed by atoms with Gasteiger partial charge in [0.1, 0.15) is 5.01 Å². The number of carbonyl (C=O) groups is 1. The lowest BCUT2D eigenvalue weighted by Gasteiger charge is -2.23. The molecule has 1 aromatic carbocycles. The molecule has 0 aliphatic carbocycles. The van der Waals surface area contributed by atoms with E-state index in [-0.39, 0.29) is 11.9 Å². The molecule has 1 atom stereocenters. The van der Waals surface area contributed by atoms with E-state index in [1.54, 1.807) is 22.4 Å². The molecule has 0 bridgehead atoms. The third kappa shape index (κ3) is 2.90. The summed E-state index contributed by atoms with van der Waals surface area (Å²) >= 11 is 1.58. The lowest BCUT2D eigenvalue weighted by molar-refractivity contribution is -0.131. The molecular weight excluding hydrogens is 294 g/mol. The molecular formula is C17H19N3OS. The lowest BCUT2D eigenvalue weighted by Crippen LogP contribution is -2.29. The highest BCUT2D eigenvalue weighted by Crippen LogP contribution is 2.23. The van der Waals surface area contributed by atoms with Gasteiger partial charge in [0, 0.05) is 42.1 Å². The largest absolute Gasteiger partial charge is 0.361 e. The Morgan fingerprint density at radius 2 is 2.23 bits per heavy atom. The number of H-pyrrole nitrogens is 1. The van der Waals surface area contributed by atoms with E-state index in [4.69, 9.17) is 0 Å². The van der Waals surface area contributed by atoms with Crippen LogP contribution in [-0.2, 0) is 11.2 Å². The minimum Gasteiger partial charge on any atom is -0.361 e. The zero-order chi connectivity index (χ0) is 15.5. The summed E-state index contributed by atoms with van der Waals surface area (Å²) in [5.74, 6) is 0.146. The summed E-state index contributed by atoms with van der Waals surface area (Å²) in [6.07, 6.45) is 5.04. The van der Waals surface area contributed by atoms with Gasteiger partial charge in [0.2, 0.25) is 5.91 Å². The first kappa shape index (κ1) is 14.8. The second-order valence-electron chi connectivity index (χ2n) is 5.41. The molecule has 114 valence electrons. The summed E-state index contributed by atoms with van der Waals surface area (Å²) in [4.78, 5) is 21.7. The number of aryl methyl sites for hydroxylation is 1. The molecule has 0 saturated carbocycles. The van der Waals surface area contributed by atoms with E-state index in [9.17, 15) is 4.79 Å². The number of amides is 1. The van der Waals surface area contributed by atoms with Gasteiger partial charge in [-0.25, -0.2) is 4.98 Å². The van der Waals surface area contributed by atoms with Crippen LogP contribution < -0.4 is 0 Å². The number of fused-ring (bicyclic) bond motifs is 1. The van der Waals surface area contributed by atoms with Crippen molar-refractivity contribution >= 4 is 28.1 Å². The van der Waals surface area contributed by atoms with Crippen LogP contribution in [0.1, 0.15) is 30.0 Å². The highest BCUT2D eigenvalue weighted by molar-refractivity contribution is 7.09. The third-order valence-corrected chi connectivity index (χ3v) is 5.01. The number of para-hydroxylation sites is 1. The van der Waals surface area contributed by atoms with Crippen LogP contribution in [0.15, 0.2) is 42.0 Å². The maximum absolute atomic E-state index is 12.4. The number of benzene rings is 1. The Labute approximate surface area is 133 Å². The van der Waals surface area contributed by atoms with Gasteiger partial charge in [0.05, 0.1) is 6.04 Å². The first-order chi connectivity index (χ1) is 10.7. The highest BCUT2D eigenvalue weighted by Gasteiger charge is 2.19. The van der Waals surface area contributed by atoms with Crippen LogP contribution in [0.4, 0.5) is 0 Å². The molecule has 2 aromatic heterocycles. The van der Waals surface area contributed by atoms with Crippen LogP contribution >= 0.6 is 11.3 Å². The van der Waals surface area contributed by atoms with Crippen LogP contribution in [0.25, 0.3) is 10.9 Å². The monoisotopic (exact) mass is 313 g/mol. The second kappa shape index (κ2) is 6.32. The van der Waals surface area contributed by atoms with E-state index in [0.717, 1.165) is 16.9 Å². The summed E-state index contributed by atoms with van der Waals surface area (Å²) < 4.78 is 0. The van der Waals surface area contributed by atoms with Gasteiger partial charge in [-0.3, -0.25) is 4.79 Å². The first-order valence-corrected chi connectivity index (χ1v) is 8.25. The fourth-order valence-corrected chi connectivity index (χ4v) is 3.32. The minimum atomic E-state index is 0.0236. The summed E-state index contributed by atoms with van der Waals surface area (Å²) in [7, 11) is 1.85. The molecule has 0 aliphatic rings. The molecule has 1 N–H and O–H groups in total. The van der Waals surface area contributed by atoms with Crippen LogP contribution in [0, 0.1) is 0 Å². The van der Waals surface area contributed by atoms with Crippen molar-refractivity contribution in [3.8, 4) is 0 Å². The molecule has 0 saturated heterocycles. The minimum absolute atomic E-state index is 0.0236. The zero-order valence-electron chi connectivity index (χ0n) is 12.7. The molecule has 5 heteroatoms. The standard InChI is InChI=1S/C17H19N3OS/c1-12(17-18-9-10-22-17)20(2)16(21)8-7-13-11-19-15-6-4-3-5-14(13)15/h3-6,9-12,19H,7-8H2,1-2H3. The van der Waals surface area contributed by atoms with Gasteiger partial charge in [0.15, 0.2) is 0 Å². The Bertz CT molecular complexity index is 763. The predicted molar refractivity (Wildman–Crippen MR) is 89.9 cm³/mol. The molecule has 2 heterocycles. The summed E-state index contributed by atoms with van der Waals surface area (Å²) in [6.45, 7) is 2.02. The van der Waals surface area contributed by atoms with Crippen molar-refractivity contribution in [3.05, 3.63) is 52.6 Å². The second-order valence-corrected chi connectivity index (χ2v) is 6.34. The molecule has 3 rings (SSSR count). The van der Waals surface area contributed by atoms with E-state index >= 15 is 0 Å². The predicted octanol–water partition coefficient (Wildman–Crippen LogP) is 3.78. The quantitative estimate of drug-likeness (QED) is 0.779. The van der Waals surface area contributed by atoms with E-state index in [2.05, 4.69) is 22.1 Å². The fourth-order valence-electron chi connectivity index (χ4n) is 2.58. The van der Waals surface area contributed by atoms with Gasteiger partial charge < -0.3 is 9.88 Å². The Morgan fingerprint density at radius 1 is 1.41 bits per heavy atom. The summed E-state index contributed by atoms with van der Waals surface area (Å²) in [5, 5.41) is 4.12. The smallest absolute Gasteiger partial charge is 0.223 e. The summed E-state index contributed by atoms with van der Waals surface area (Å²) in [5.41, 5.74) is 2.31. The Morgan fingerprint density at radius 3 is 3.00 bits per heavy atom. The van der Waals surface area contributed by atoms with Crippen molar-refractivity contribution in [3.63, 3.8) is 0 Å². The van der Waals surface area contributed by atoms with Crippen molar-refractivity contribution in [2.24, 2.45) is 0 Å². The number of nitrogens with one attached hydrogen (secondary N) is 1. The van der Waals surface area contributed by atoms with Gasteiger partial charge in [-0.2, -0.15) is 0 Å². The van der Waals surface area contributed by atoms with E-state index in [0.29, 0.717) is 6.42 Å². The van der Waals surface area contributed by atoms with Crippen LogP contribution in [0.5, 0.6) is 0 Å². The molecule has 3 aromatic rings. The van der Waals surface area contributed by atoms with Crippen molar-refractivity contribution in [2.75, 3.05) is 7.05 Å². The molecule has 0 aliphatic heterocycles. The maximum atomic E-state index is 12.4. The van der Waals surface area contributed by atoms with Crippen molar-refractivity contribution in [2.45, 2.75) is 25.8 Å². The van der Waals surface area contributed by atoms with Crippen molar-refractivity contribution in [1.82, 2.24) is 14.9 Å². The number of aromatic amines is 1. The Kier molecular flexibility index (Phi) is 4.24. The SMILES string of the molecule is CC(c1nccs1)N(C)C(=O)CCc1c[nH]c2ccccc12.